The van der Waals surface area contributed by atoms with Crippen LogP contribution in [-0.2, 0) is 33.0 Å². The van der Waals surface area contributed by atoms with Crippen LogP contribution in [0.4, 0.5) is 5.69 Å². The van der Waals surface area contributed by atoms with Gasteiger partial charge < -0.3 is 9.32 Å². The second-order valence-corrected chi connectivity index (χ2v) is 9.66. The summed E-state index contributed by atoms with van der Waals surface area (Å²) >= 11 is 0. The molecule has 25 heavy (non-hydrogen) atoms. The van der Waals surface area contributed by atoms with Crippen LogP contribution in [0, 0.1) is 0 Å². The zero-order valence-corrected chi connectivity index (χ0v) is 15.5. The van der Waals surface area contributed by atoms with E-state index in [9.17, 15) is 16.8 Å². The number of fused-ring (bicyclic) bond motifs is 1. The predicted octanol–water partition coefficient (Wildman–Crippen LogP) is 0.740. The van der Waals surface area contributed by atoms with Crippen LogP contribution in [0.1, 0.15) is 11.3 Å². The molecule has 0 amide bonds. The molecule has 1 aromatic heterocycles. The number of benzene rings is 1. The number of rotatable bonds is 5. The molecule has 10 heteroatoms. The maximum atomic E-state index is 12.1. The fourth-order valence-corrected chi connectivity index (χ4v) is 4.11. The summed E-state index contributed by atoms with van der Waals surface area (Å²) < 4.78 is 53.6. The molecule has 2 aromatic rings. The second kappa shape index (κ2) is 6.13. The fourth-order valence-electron chi connectivity index (χ4n) is 2.74. The van der Waals surface area contributed by atoms with E-state index in [1.165, 1.54) is 26.2 Å². The van der Waals surface area contributed by atoms with Crippen molar-refractivity contribution in [3.05, 3.63) is 41.7 Å². The van der Waals surface area contributed by atoms with Gasteiger partial charge in [0.05, 0.1) is 11.4 Å². The van der Waals surface area contributed by atoms with E-state index in [2.05, 4.69) is 0 Å². The van der Waals surface area contributed by atoms with E-state index in [0.29, 0.717) is 25.3 Å². The minimum atomic E-state index is -3.73. The Labute approximate surface area is 146 Å². The first-order valence-electron chi connectivity index (χ1n) is 7.51. The summed E-state index contributed by atoms with van der Waals surface area (Å²) in [5.41, 5.74) is 1.78. The number of nitrogens with two attached hydrogens (primary N) is 1. The third-order valence-corrected chi connectivity index (χ3v) is 6.69. The van der Waals surface area contributed by atoms with Crippen molar-refractivity contribution in [1.29, 1.82) is 0 Å². The highest BCUT2D eigenvalue weighted by molar-refractivity contribution is 7.89. The lowest BCUT2D eigenvalue weighted by Gasteiger charge is -2.18. The molecule has 8 nitrogen and oxygen atoms in total. The molecule has 0 unspecified atom stereocenters. The number of primary sulfonamides is 1. The lowest BCUT2D eigenvalue weighted by Crippen LogP contribution is -2.22. The summed E-state index contributed by atoms with van der Waals surface area (Å²) in [6.45, 7) is 1.07. The molecule has 1 aliphatic rings. The number of sulfonamides is 2. The molecule has 3 rings (SSSR count). The van der Waals surface area contributed by atoms with Crippen LogP contribution < -0.4 is 10.0 Å². The van der Waals surface area contributed by atoms with Crippen LogP contribution in [0.25, 0.3) is 0 Å². The fraction of sp³-hybridized carbons (Fsp3) is 0.333. The van der Waals surface area contributed by atoms with Gasteiger partial charge >= 0.3 is 0 Å². The Morgan fingerprint density at radius 3 is 2.52 bits per heavy atom. The van der Waals surface area contributed by atoms with Crippen molar-refractivity contribution in [3.8, 4) is 0 Å². The van der Waals surface area contributed by atoms with Crippen LogP contribution in [0.3, 0.4) is 0 Å². The highest BCUT2D eigenvalue weighted by atomic mass is 32.2. The van der Waals surface area contributed by atoms with Crippen molar-refractivity contribution in [2.24, 2.45) is 5.14 Å². The van der Waals surface area contributed by atoms with Gasteiger partial charge in [0, 0.05) is 26.3 Å². The first-order chi connectivity index (χ1) is 11.6. The number of anilines is 1. The van der Waals surface area contributed by atoms with Gasteiger partial charge in [-0.1, -0.05) is 0 Å². The Kier molecular flexibility index (Phi) is 4.40. The molecular formula is C15H19N3O5S2. The molecule has 0 spiro atoms. The van der Waals surface area contributed by atoms with Crippen molar-refractivity contribution in [2.75, 3.05) is 25.5 Å². The monoisotopic (exact) mass is 385 g/mol. The normalized spacial score (nSPS) is 15.0. The SMILES string of the molecule is CN(C)S(=O)(=O)c1ccc(CN2CCc3cc(S(N)(=O)=O)ccc32)o1. The second-order valence-electron chi connectivity index (χ2n) is 6.02. The van der Waals surface area contributed by atoms with E-state index in [4.69, 9.17) is 9.56 Å². The summed E-state index contributed by atoms with van der Waals surface area (Å²) in [4.78, 5) is 2.10. The molecule has 0 saturated heterocycles. The van der Waals surface area contributed by atoms with E-state index in [1.807, 2.05) is 4.90 Å². The van der Waals surface area contributed by atoms with Gasteiger partial charge in [0.15, 0.2) is 0 Å². The first kappa shape index (κ1) is 17.9. The van der Waals surface area contributed by atoms with Crippen molar-refractivity contribution < 1.29 is 21.3 Å². The minimum Gasteiger partial charge on any atom is -0.446 e. The van der Waals surface area contributed by atoms with Crippen LogP contribution >= 0.6 is 0 Å². The summed E-state index contributed by atoms with van der Waals surface area (Å²) in [5.74, 6) is 0.517. The van der Waals surface area contributed by atoms with Crippen LogP contribution in [0.5, 0.6) is 0 Å². The average molecular weight is 385 g/mol. The van der Waals surface area contributed by atoms with Gasteiger partial charge in [0.1, 0.15) is 5.76 Å². The van der Waals surface area contributed by atoms with Gasteiger partial charge in [-0.15, -0.1) is 0 Å². The van der Waals surface area contributed by atoms with Crippen molar-refractivity contribution in [1.82, 2.24) is 4.31 Å². The summed E-state index contributed by atoms with van der Waals surface area (Å²) in [6.07, 6.45) is 0.683. The lowest BCUT2D eigenvalue weighted by atomic mass is 10.2. The van der Waals surface area contributed by atoms with Gasteiger partial charge in [-0.2, -0.15) is 0 Å². The maximum absolute atomic E-state index is 12.1. The highest BCUT2D eigenvalue weighted by Crippen LogP contribution is 2.31. The van der Waals surface area contributed by atoms with E-state index >= 15 is 0 Å². The van der Waals surface area contributed by atoms with Crippen molar-refractivity contribution in [2.45, 2.75) is 23.0 Å². The Morgan fingerprint density at radius 2 is 1.88 bits per heavy atom. The Morgan fingerprint density at radius 1 is 1.16 bits per heavy atom. The van der Waals surface area contributed by atoms with Gasteiger partial charge in [-0.25, -0.2) is 26.3 Å². The summed E-state index contributed by atoms with van der Waals surface area (Å²) in [5, 5.41) is 5.06. The number of hydrogen-bond donors (Lipinski definition) is 1. The molecule has 2 N–H and O–H groups in total. The Bertz CT molecular complexity index is 1010. The van der Waals surface area contributed by atoms with Crippen molar-refractivity contribution in [3.63, 3.8) is 0 Å². The topological polar surface area (TPSA) is 114 Å². The zero-order chi connectivity index (χ0) is 18.4. The minimum absolute atomic E-state index is 0.0884. The standard InChI is InChI=1S/C15H19N3O5S2/c1-17(2)25(21,22)15-6-3-12(23-15)10-18-8-7-11-9-13(24(16,19)20)4-5-14(11)18/h3-6,9H,7-8,10H2,1-2H3,(H2,16,19,20). The number of nitrogens with zero attached hydrogens (tertiary/aromatic N) is 2. The Hall–Kier alpha value is -1.88. The molecule has 0 atom stereocenters. The van der Waals surface area contributed by atoms with Gasteiger partial charge in [0.25, 0.3) is 10.0 Å². The zero-order valence-electron chi connectivity index (χ0n) is 13.8. The van der Waals surface area contributed by atoms with Gasteiger partial charge in [-0.3, -0.25) is 0 Å². The number of hydrogen-bond acceptors (Lipinski definition) is 6. The first-order valence-corrected chi connectivity index (χ1v) is 10.5. The number of furan rings is 1. The average Bonchev–Trinajstić information content (AvgIpc) is 3.14. The summed E-state index contributed by atoms with van der Waals surface area (Å²) in [7, 11) is -4.45. The largest absolute Gasteiger partial charge is 0.446 e. The Balaban J connectivity index is 1.83. The molecular weight excluding hydrogens is 366 g/mol. The third kappa shape index (κ3) is 3.43. The molecule has 136 valence electrons. The molecule has 1 aliphatic heterocycles. The van der Waals surface area contributed by atoms with Gasteiger partial charge in [-0.05, 0) is 42.3 Å². The van der Waals surface area contributed by atoms with E-state index in [-0.39, 0.29) is 9.99 Å². The highest BCUT2D eigenvalue weighted by Gasteiger charge is 2.25. The smallest absolute Gasteiger partial charge is 0.275 e. The molecule has 0 bridgehead atoms. The quantitative estimate of drug-likeness (QED) is 0.812. The molecule has 0 fully saturated rings. The van der Waals surface area contributed by atoms with Crippen LogP contribution in [-0.4, -0.2) is 41.8 Å². The maximum Gasteiger partial charge on any atom is 0.275 e. The van der Waals surface area contributed by atoms with E-state index in [1.54, 1.807) is 18.2 Å². The summed E-state index contributed by atoms with van der Waals surface area (Å²) in [6, 6.07) is 7.83. The molecule has 0 saturated carbocycles. The van der Waals surface area contributed by atoms with Crippen LogP contribution in [0.2, 0.25) is 0 Å². The van der Waals surface area contributed by atoms with Gasteiger partial charge in [0.2, 0.25) is 15.1 Å². The lowest BCUT2D eigenvalue weighted by molar-refractivity contribution is 0.397. The van der Waals surface area contributed by atoms with Crippen LogP contribution in [0.15, 0.2) is 44.7 Å². The molecule has 1 aromatic carbocycles. The third-order valence-electron chi connectivity index (χ3n) is 4.09. The molecule has 2 heterocycles. The van der Waals surface area contributed by atoms with E-state index < -0.39 is 20.0 Å². The van der Waals surface area contributed by atoms with E-state index in [0.717, 1.165) is 15.6 Å². The molecule has 0 radical (unpaired) electrons. The predicted molar refractivity (Wildman–Crippen MR) is 92.2 cm³/mol. The van der Waals surface area contributed by atoms with Crippen molar-refractivity contribution >= 4 is 25.7 Å². The molecule has 0 aliphatic carbocycles.